The van der Waals surface area contributed by atoms with Crippen molar-refractivity contribution >= 4 is 15.9 Å². The molecule has 0 aliphatic rings. The minimum atomic E-state index is -3.63. The van der Waals surface area contributed by atoms with Crippen LogP contribution in [0.25, 0.3) is 0 Å². The maximum absolute atomic E-state index is 12.8. The summed E-state index contributed by atoms with van der Waals surface area (Å²) in [6, 6.07) is 22.9. The summed E-state index contributed by atoms with van der Waals surface area (Å²) in [5.41, 5.74) is 2.33. The summed E-state index contributed by atoms with van der Waals surface area (Å²) in [6.45, 7) is 0.643. The predicted molar refractivity (Wildman–Crippen MR) is 116 cm³/mol. The van der Waals surface area contributed by atoms with Crippen molar-refractivity contribution < 1.29 is 17.9 Å². The van der Waals surface area contributed by atoms with Crippen LogP contribution in [0.4, 0.5) is 0 Å². The van der Waals surface area contributed by atoms with Gasteiger partial charge in [0.05, 0.1) is 12.0 Å². The van der Waals surface area contributed by atoms with E-state index in [9.17, 15) is 13.2 Å². The fraction of sp³-hybridized carbons (Fsp3) is 0.174. The summed E-state index contributed by atoms with van der Waals surface area (Å²) in [4.78, 5) is 12.5. The average molecular weight is 425 g/mol. The summed E-state index contributed by atoms with van der Waals surface area (Å²) in [6.07, 6.45) is 0. The van der Waals surface area contributed by atoms with E-state index in [0.717, 1.165) is 11.1 Å². The highest BCUT2D eigenvalue weighted by Gasteiger charge is 2.21. The standard InChI is InChI=1S/C23H24N2O4S/c1-25(30(27,28)22-14-12-21(29-2)13-15-22)17-19-8-10-20(11-9-19)23(26)24-16-18-6-4-3-5-7-18/h3-15H,16-17H2,1-2H3,(H,24,26). The van der Waals surface area contributed by atoms with Crippen molar-refractivity contribution in [1.29, 1.82) is 0 Å². The Morgan fingerprint density at radius 2 is 1.53 bits per heavy atom. The zero-order chi connectivity index (χ0) is 21.6. The molecule has 6 nitrogen and oxygen atoms in total. The lowest BCUT2D eigenvalue weighted by atomic mass is 10.1. The predicted octanol–water partition coefficient (Wildman–Crippen LogP) is 3.45. The third-order valence-electron chi connectivity index (χ3n) is 4.68. The third kappa shape index (κ3) is 5.25. The number of benzene rings is 3. The molecular weight excluding hydrogens is 400 g/mol. The molecule has 0 spiro atoms. The molecule has 3 aromatic rings. The molecule has 3 aromatic carbocycles. The molecule has 30 heavy (non-hydrogen) atoms. The average Bonchev–Trinajstić information content (AvgIpc) is 2.78. The zero-order valence-corrected chi connectivity index (χ0v) is 17.7. The fourth-order valence-electron chi connectivity index (χ4n) is 2.91. The molecule has 0 saturated carbocycles. The van der Waals surface area contributed by atoms with Gasteiger partial charge >= 0.3 is 0 Å². The lowest BCUT2D eigenvalue weighted by Crippen LogP contribution is -2.26. The first kappa shape index (κ1) is 21.5. The van der Waals surface area contributed by atoms with Gasteiger partial charge in [0.2, 0.25) is 10.0 Å². The first-order valence-electron chi connectivity index (χ1n) is 9.41. The molecule has 0 atom stereocenters. The van der Waals surface area contributed by atoms with Crippen molar-refractivity contribution in [2.75, 3.05) is 14.2 Å². The number of methoxy groups -OCH3 is 1. The number of nitrogens with one attached hydrogen (secondary N) is 1. The van der Waals surface area contributed by atoms with Crippen LogP contribution in [-0.4, -0.2) is 32.8 Å². The number of amides is 1. The van der Waals surface area contributed by atoms with Gasteiger partial charge in [-0.2, -0.15) is 4.31 Å². The van der Waals surface area contributed by atoms with Crippen LogP contribution < -0.4 is 10.1 Å². The van der Waals surface area contributed by atoms with Gasteiger partial charge in [0.25, 0.3) is 5.91 Å². The molecule has 0 aliphatic carbocycles. The highest BCUT2D eigenvalue weighted by atomic mass is 32.2. The second kappa shape index (κ2) is 9.56. The highest BCUT2D eigenvalue weighted by molar-refractivity contribution is 7.89. The molecule has 0 bridgehead atoms. The Labute approximate surface area is 177 Å². The molecule has 0 aromatic heterocycles. The van der Waals surface area contributed by atoms with E-state index >= 15 is 0 Å². The minimum absolute atomic E-state index is 0.176. The maximum atomic E-state index is 12.8. The number of carbonyl (C=O) groups is 1. The molecule has 1 amide bonds. The number of sulfonamides is 1. The fourth-order valence-corrected chi connectivity index (χ4v) is 4.07. The van der Waals surface area contributed by atoms with E-state index < -0.39 is 10.0 Å². The molecule has 7 heteroatoms. The van der Waals surface area contributed by atoms with Crippen LogP contribution in [0.2, 0.25) is 0 Å². The number of rotatable bonds is 8. The molecule has 0 unspecified atom stereocenters. The van der Waals surface area contributed by atoms with Crippen molar-refractivity contribution in [3.8, 4) is 5.75 Å². The van der Waals surface area contributed by atoms with Gasteiger partial charge in [-0.1, -0.05) is 42.5 Å². The van der Waals surface area contributed by atoms with E-state index in [0.29, 0.717) is 17.9 Å². The van der Waals surface area contributed by atoms with Crippen LogP contribution in [0.3, 0.4) is 0 Å². The molecule has 1 N–H and O–H groups in total. The van der Waals surface area contributed by atoms with Gasteiger partial charge in [-0.25, -0.2) is 8.42 Å². The Morgan fingerprint density at radius 3 is 2.13 bits per heavy atom. The van der Waals surface area contributed by atoms with Crippen LogP contribution in [0.5, 0.6) is 5.75 Å². The van der Waals surface area contributed by atoms with Crippen LogP contribution in [0.15, 0.2) is 83.8 Å². The first-order valence-corrected chi connectivity index (χ1v) is 10.9. The quantitative estimate of drug-likeness (QED) is 0.601. The number of carbonyl (C=O) groups excluding carboxylic acids is 1. The normalized spacial score (nSPS) is 11.3. The molecule has 0 radical (unpaired) electrons. The lowest BCUT2D eigenvalue weighted by molar-refractivity contribution is 0.0951. The Balaban J connectivity index is 1.62. The van der Waals surface area contributed by atoms with Crippen molar-refractivity contribution in [2.24, 2.45) is 0 Å². The number of ether oxygens (including phenoxy) is 1. The molecule has 0 heterocycles. The van der Waals surface area contributed by atoms with E-state index in [4.69, 9.17) is 4.74 Å². The number of hydrogen-bond donors (Lipinski definition) is 1. The largest absolute Gasteiger partial charge is 0.497 e. The van der Waals surface area contributed by atoms with Crippen LogP contribution >= 0.6 is 0 Å². The van der Waals surface area contributed by atoms with Gasteiger partial charge in [0, 0.05) is 25.7 Å². The Hall–Kier alpha value is -3.16. The molecule has 0 saturated heterocycles. The first-order chi connectivity index (χ1) is 14.4. The smallest absolute Gasteiger partial charge is 0.251 e. The van der Waals surface area contributed by atoms with E-state index in [1.807, 2.05) is 30.3 Å². The van der Waals surface area contributed by atoms with Crippen molar-refractivity contribution in [2.45, 2.75) is 18.0 Å². The summed E-state index contributed by atoms with van der Waals surface area (Å²) in [5, 5.41) is 2.88. The second-order valence-corrected chi connectivity index (χ2v) is 8.85. The van der Waals surface area contributed by atoms with Gasteiger partial charge in [-0.15, -0.1) is 0 Å². The van der Waals surface area contributed by atoms with E-state index in [1.165, 1.54) is 30.6 Å². The summed E-state index contributed by atoms with van der Waals surface area (Å²) in [7, 11) is -0.573. The Kier molecular flexibility index (Phi) is 6.87. The lowest BCUT2D eigenvalue weighted by Gasteiger charge is -2.17. The van der Waals surface area contributed by atoms with E-state index in [2.05, 4.69) is 5.32 Å². The van der Waals surface area contributed by atoms with Crippen LogP contribution in [0, 0.1) is 0 Å². The second-order valence-electron chi connectivity index (χ2n) is 6.80. The molecule has 3 rings (SSSR count). The molecular formula is C23H24N2O4S. The van der Waals surface area contributed by atoms with Crippen molar-refractivity contribution in [1.82, 2.24) is 9.62 Å². The summed E-state index contributed by atoms with van der Waals surface area (Å²) >= 11 is 0. The van der Waals surface area contributed by atoms with Crippen LogP contribution in [0.1, 0.15) is 21.5 Å². The SMILES string of the molecule is COc1ccc(S(=O)(=O)N(C)Cc2ccc(C(=O)NCc3ccccc3)cc2)cc1. The number of nitrogens with zero attached hydrogens (tertiary/aromatic N) is 1. The third-order valence-corrected chi connectivity index (χ3v) is 6.50. The van der Waals surface area contributed by atoms with E-state index in [-0.39, 0.29) is 17.3 Å². The molecule has 156 valence electrons. The maximum Gasteiger partial charge on any atom is 0.251 e. The zero-order valence-electron chi connectivity index (χ0n) is 16.9. The Bertz CT molecular complexity index is 1080. The minimum Gasteiger partial charge on any atom is -0.497 e. The highest BCUT2D eigenvalue weighted by Crippen LogP contribution is 2.20. The van der Waals surface area contributed by atoms with E-state index in [1.54, 1.807) is 36.4 Å². The van der Waals surface area contributed by atoms with Gasteiger partial charge in [-0.05, 0) is 47.5 Å². The molecule has 0 fully saturated rings. The topological polar surface area (TPSA) is 75.7 Å². The van der Waals surface area contributed by atoms with Crippen molar-refractivity contribution in [3.05, 3.63) is 95.6 Å². The number of hydrogen-bond acceptors (Lipinski definition) is 4. The monoisotopic (exact) mass is 424 g/mol. The summed E-state index contributed by atoms with van der Waals surface area (Å²) in [5.74, 6) is 0.419. The van der Waals surface area contributed by atoms with Crippen molar-refractivity contribution in [3.63, 3.8) is 0 Å². The molecule has 0 aliphatic heterocycles. The van der Waals surface area contributed by atoms with Gasteiger partial charge in [-0.3, -0.25) is 4.79 Å². The van der Waals surface area contributed by atoms with Gasteiger partial charge < -0.3 is 10.1 Å². The Morgan fingerprint density at radius 1 is 0.900 bits per heavy atom. The van der Waals surface area contributed by atoms with Crippen LogP contribution in [-0.2, 0) is 23.1 Å². The van der Waals surface area contributed by atoms with Gasteiger partial charge in [0.1, 0.15) is 5.75 Å². The van der Waals surface area contributed by atoms with Gasteiger partial charge in [0.15, 0.2) is 0 Å². The summed E-state index contributed by atoms with van der Waals surface area (Å²) < 4.78 is 31.9.